The molecule has 0 saturated carbocycles. The molecule has 1 atom stereocenters. The summed E-state index contributed by atoms with van der Waals surface area (Å²) in [6.07, 6.45) is -11.0. The summed E-state index contributed by atoms with van der Waals surface area (Å²) in [5.41, 5.74) is 0.0437. The first-order chi connectivity index (χ1) is 18.9. The highest BCUT2D eigenvalue weighted by molar-refractivity contribution is 5.95. The molecule has 3 heterocycles. The third kappa shape index (κ3) is 6.16. The summed E-state index contributed by atoms with van der Waals surface area (Å²) >= 11 is 0. The van der Waals surface area contributed by atoms with Crippen LogP contribution in [-0.4, -0.2) is 43.8 Å². The van der Waals surface area contributed by atoms with Gasteiger partial charge in [-0.15, -0.1) is 10.2 Å². The third-order valence-corrected chi connectivity index (χ3v) is 6.96. The molecule has 0 aliphatic carbocycles. The number of carbonyl (C=O) groups is 1. The van der Waals surface area contributed by atoms with Crippen molar-refractivity contribution in [3.8, 4) is 11.6 Å². The largest absolute Gasteiger partial charge is 0.426 e. The Hall–Kier alpha value is -3.68. The van der Waals surface area contributed by atoms with Gasteiger partial charge in [0.15, 0.2) is 5.69 Å². The van der Waals surface area contributed by atoms with E-state index < -0.39 is 64.7 Å². The minimum Gasteiger partial charge on any atom is -0.416 e. The van der Waals surface area contributed by atoms with Crippen molar-refractivity contribution in [2.45, 2.75) is 76.4 Å². The highest BCUT2D eigenvalue weighted by Crippen LogP contribution is 2.43. The molecule has 0 spiro atoms. The average Bonchev–Trinajstić information content (AvgIpc) is 3.35. The molecule has 4 rings (SSSR count). The molecule has 0 saturated heterocycles. The number of nitrogens with two attached hydrogens (primary N) is 1. The Morgan fingerprint density at radius 1 is 1.00 bits per heavy atom. The topological polar surface area (TPSA) is 118 Å². The number of aliphatic hydroxyl groups is 1. The number of alkyl halides is 6. The van der Waals surface area contributed by atoms with Crippen molar-refractivity contribution in [2.75, 3.05) is 12.3 Å². The second kappa shape index (κ2) is 10.6. The molecular weight excluding hydrogens is 556 g/mol. The van der Waals surface area contributed by atoms with E-state index in [1.54, 1.807) is 12.1 Å². The molecule has 1 unspecified atom stereocenters. The lowest BCUT2D eigenvalue weighted by Crippen LogP contribution is -2.42. The molecule has 0 radical (unpaired) electrons. The van der Waals surface area contributed by atoms with E-state index >= 15 is 0 Å². The quantitative estimate of drug-likeness (QED) is 0.355. The highest BCUT2D eigenvalue weighted by atomic mass is 19.4. The first-order valence-corrected chi connectivity index (χ1v) is 12.8. The molecule has 41 heavy (non-hydrogen) atoms. The Labute approximate surface area is 231 Å². The van der Waals surface area contributed by atoms with Gasteiger partial charge in [-0.3, -0.25) is 4.79 Å². The number of aromatic nitrogens is 3. The van der Waals surface area contributed by atoms with E-state index in [1.807, 2.05) is 32.9 Å². The van der Waals surface area contributed by atoms with Gasteiger partial charge in [-0.2, -0.15) is 26.3 Å². The van der Waals surface area contributed by atoms with Gasteiger partial charge >= 0.3 is 12.4 Å². The van der Waals surface area contributed by atoms with Gasteiger partial charge in [0, 0.05) is 13.1 Å². The minimum atomic E-state index is -5.20. The maximum Gasteiger partial charge on any atom is 0.426 e. The normalized spacial score (nSPS) is 19.3. The SMILES string of the molecule is CC(C)(C)c1ccc(CN2CCCCCC(O)(C(F)(F)F)c3nnc(o3)-c3nc(c(C(F)(F)F)cc3N)C2=O)cc1. The number of fused-ring (bicyclic) bond motifs is 5. The van der Waals surface area contributed by atoms with Crippen LogP contribution < -0.4 is 5.73 Å². The summed E-state index contributed by atoms with van der Waals surface area (Å²) in [6, 6.07) is 7.69. The smallest absolute Gasteiger partial charge is 0.416 e. The van der Waals surface area contributed by atoms with Gasteiger partial charge in [-0.05, 0) is 41.9 Å². The van der Waals surface area contributed by atoms with Gasteiger partial charge in [-0.1, -0.05) is 51.5 Å². The van der Waals surface area contributed by atoms with Crippen LogP contribution >= 0.6 is 0 Å². The van der Waals surface area contributed by atoms with Gasteiger partial charge in [0.1, 0.15) is 5.69 Å². The van der Waals surface area contributed by atoms with Crippen LogP contribution in [0.1, 0.15) is 79.5 Å². The van der Waals surface area contributed by atoms with Gasteiger partial charge in [0.05, 0.1) is 11.3 Å². The molecule has 1 aliphatic rings. The van der Waals surface area contributed by atoms with E-state index in [0.29, 0.717) is 11.6 Å². The summed E-state index contributed by atoms with van der Waals surface area (Å²) < 4.78 is 88.9. The number of rotatable bonds is 2. The van der Waals surface area contributed by atoms with E-state index in [9.17, 15) is 36.2 Å². The van der Waals surface area contributed by atoms with Crippen LogP contribution in [0.4, 0.5) is 32.0 Å². The Balaban J connectivity index is 1.83. The molecule has 2 aromatic heterocycles. The number of anilines is 1. The fourth-order valence-electron chi connectivity index (χ4n) is 4.53. The zero-order valence-electron chi connectivity index (χ0n) is 22.5. The van der Waals surface area contributed by atoms with Crippen LogP contribution in [0.3, 0.4) is 0 Å². The molecule has 3 aromatic rings. The number of nitrogens with zero attached hydrogens (tertiary/aromatic N) is 4. The maximum absolute atomic E-state index is 14.0. The Kier molecular flexibility index (Phi) is 7.84. The van der Waals surface area contributed by atoms with Crippen molar-refractivity contribution in [3.63, 3.8) is 0 Å². The van der Waals surface area contributed by atoms with E-state index in [2.05, 4.69) is 15.2 Å². The zero-order chi connectivity index (χ0) is 30.4. The fraction of sp³-hybridized carbons (Fsp3) is 0.481. The van der Waals surface area contributed by atoms with Gasteiger partial charge in [-0.25, -0.2) is 4.98 Å². The Morgan fingerprint density at radius 3 is 2.24 bits per heavy atom. The van der Waals surface area contributed by atoms with E-state index in [0.717, 1.165) is 10.5 Å². The van der Waals surface area contributed by atoms with Crippen LogP contribution in [0.5, 0.6) is 0 Å². The standard InChI is InChI=1S/C27H29F6N5O3/c1-24(2,3)16-9-7-15(8-10-16)14-38-12-6-4-5-11-25(40,27(31,32)33)23-37-36-21(41-23)20-18(34)13-17(26(28,29)30)19(35-20)22(38)39/h7-10,13,40H,4-6,11-12,14,34H2,1-3H3. The number of amides is 1. The number of hydrogen-bond donors (Lipinski definition) is 2. The Bertz CT molecular complexity index is 1410. The molecular formula is C27H29F6N5O3. The number of nitrogen functional groups attached to an aromatic ring is 1. The molecule has 4 bridgehead atoms. The average molecular weight is 586 g/mol. The summed E-state index contributed by atoms with van der Waals surface area (Å²) in [5.74, 6) is -3.03. The van der Waals surface area contributed by atoms with Gasteiger partial charge in [0.2, 0.25) is 5.60 Å². The molecule has 0 fully saturated rings. The lowest BCUT2D eigenvalue weighted by atomic mass is 9.87. The number of carbonyl (C=O) groups excluding carboxylic acids is 1. The zero-order valence-corrected chi connectivity index (χ0v) is 22.5. The van der Waals surface area contributed by atoms with Crippen molar-refractivity contribution in [2.24, 2.45) is 0 Å². The molecule has 1 aromatic carbocycles. The Morgan fingerprint density at radius 2 is 1.66 bits per heavy atom. The second-order valence-corrected chi connectivity index (χ2v) is 11.1. The summed E-state index contributed by atoms with van der Waals surface area (Å²) in [4.78, 5) is 18.6. The van der Waals surface area contributed by atoms with Crippen LogP contribution in [0.2, 0.25) is 0 Å². The van der Waals surface area contributed by atoms with Crippen LogP contribution in [0.25, 0.3) is 11.6 Å². The molecule has 1 aliphatic heterocycles. The van der Waals surface area contributed by atoms with E-state index in [4.69, 9.17) is 10.2 Å². The van der Waals surface area contributed by atoms with E-state index in [-0.39, 0.29) is 37.8 Å². The van der Waals surface area contributed by atoms with Crippen molar-refractivity contribution in [1.29, 1.82) is 0 Å². The predicted molar refractivity (Wildman–Crippen MR) is 135 cm³/mol. The van der Waals surface area contributed by atoms with Crippen molar-refractivity contribution < 1.29 is 40.7 Å². The lowest BCUT2D eigenvalue weighted by Gasteiger charge is -2.28. The van der Waals surface area contributed by atoms with Gasteiger partial charge in [0.25, 0.3) is 17.7 Å². The van der Waals surface area contributed by atoms with E-state index in [1.165, 1.54) is 0 Å². The molecule has 222 valence electrons. The maximum atomic E-state index is 14.0. The first kappa shape index (κ1) is 30.3. The molecule has 3 N–H and O–H groups in total. The summed E-state index contributed by atoms with van der Waals surface area (Å²) in [7, 11) is 0. The first-order valence-electron chi connectivity index (χ1n) is 12.8. The molecule has 8 nitrogen and oxygen atoms in total. The highest BCUT2D eigenvalue weighted by Gasteiger charge is 2.58. The molecule has 1 amide bonds. The van der Waals surface area contributed by atoms with Gasteiger partial charge < -0.3 is 20.2 Å². The van der Waals surface area contributed by atoms with Crippen LogP contribution in [0.15, 0.2) is 34.7 Å². The molecule has 14 heteroatoms. The van der Waals surface area contributed by atoms with Crippen LogP contribution in [0, 0.1) is 0 Å². The van der Waals surface area contributed by atoms with Crippen molar-refractivity contribution in [3.05, 3.63) is 58.6 Å². The summed E-state index contributed by atoms with van der Waals surface area (Å²) in [5, 5.41) is 17.3. The van der Waals surface area contributed by atoms with Crippen molar-refractivity contribution in [1.82, 2.24) is 20.1 Å². The summed E-state index contributed by atoms with van der Waals surface area (Å²) in [6.45, 7) is 5.88. The fourth-order valence-corrected chi connectivity index (χ4v) is 4.53. The third-order valence-electron chi connectivity index (χ3n) is 6.96. The predicted octanol–water partition coefficient (Wildman–Crippen LogP) is 6.00. The number of halogens is 6. The van der Waals surface area contributed by atoms with Crippen molar-refractivity contribution >= 4 is 11.6 Å². The lowest BCUT2D eigenvalue weighted by molar-refractivity contribution is -0.277. The number of benzene rings is 1. The number of hydrogen-bond acceptors (Lipinski definition) is 7. The monoisotopic (exact) mass is 585 g/mol. The minimum absolute atomic E-state index is 0.0820. The second-order valence-electron chi connectivity index (χ2n) is 11.1. The van der Waals surface area contributed by atoms with Crippen LogP contribution in [-0.2, 0) is 23.7 Å². The number of pyridine rings is 1.